The van der Waals surface area contributed by atoms with Crippen LogP contribution in [0.5, 0.6) is 0 Å². The average Bonchev–Trinajstić information content (AvgIpc) is 2.88. The lowest BCUT2D eigenvalue weighted by Gasteiger charge is -2.02. The minimum Gasteiger partial charge on any atom is -0.476 e. The van der Waals surface area contributed by atoms with Crippen LogP contribution in [-0.2, 0) is 13.0 Å². The molecule has 0 atom stereocenters. The first kappa shape index (κ1) is 12.2. The van der Waals surface area contributed by atoms with Gasteiger partial charge in [0.2, 0.25) is 5.89 Å². The Morgan fingerprint density at radius 1 is 1.56 bits per heavy atom. The third-order valence-corrected chi connectivity index (χ3v) is 2.28. The van der Waals surface area contributed by atoms with Gasteiger partial charge in [-0.25, -0.2) is 9.48 Å². The number of hydrogen-bond acceptors (Lipinski definition) is 7. The first-order valence-corrected chi connectivity index (χ1v) is 5.26. The van der Waals surface area contributed by atoms with Gasteiger partial charge < -0.3 is 15.4 Å². The van der Waals surface area contributed by atoms with Crippen molar-refractivity contribution in [3.63, 3.8) is 0 Å². The molecule has 2 heterocycles. The van der Waals surface area contributed by atoms with E-state index in [4.69, 9.17) is 15.4 Å². The molecule has 18 heavy (non-hydrogen) atoms. The van der Waals surface area contributed by atoms with Crippen LogP contribution in [0.4, 0.5) is 0 Å². The molecule has 96 valence electrons. The molecule has 0 saturated carbocycles. The molecule has 0 aliphatic carbocycles. The first-order valence-electron chi connectivity index (χ1n) is 5.26. The molecule has 0 unspecified atom stereocenters. The number of carboxylic acid groups (broad SMARTS) is 1. The van der Waals surface area contributed by atoms with Gasteiger partial charge in [-0.15, -0.1) is 5.10 Å². The highest BCUT2D eigenvalue weighted by Crippen LogP contribution is 2.08. The topological polar surface area (TPSA) is 133 Å². The highest BCUT2D eigenvalue weighted by molar-refractivity contribution is 5.86. The van der Waals surface area contributed by atoms with Gasteiger partial charge >= 0.3 is 5.97 Å². The highest BCUT2D eigenvalue weighted by atomic mass is 16.5. The van der Waals surface area contributed by atoms with E-state index in [1.807, 2.05) is 0 Å². The van der Waals surface area contributed by atoms with Gasteiger partial charge in [-0.05, 0) is 13.5 Å². The molecular weight excluding hydrogens is 240 g/mol. The Bertz CT molecular complexity index is 560. The van der Waals surface area contributed by atoms with E-state index in [1.165, 1.54) is 4.68 Å². The van der Waals surface area contributed by atoms with Gasteiger partial charge in [0.25, 0.3) is 0 Å². The number of rotatable bonds is 5. The Balaban J connectivity index is 2.29. The van der Waals surface area contributed by atoms with Gasteiger partial charge in [-0.1, -0.05) is 10.4 Å². The zero-order valence-electron chi connectivity index (χ0n) is 9.70. The van der Waals surface area contributed by atoms with Crippen molar-refractivity contribution in [1.82, 2.24) is 25.1 Å². The summed E-state index contributed by atoms with van der Waals surface area (Å²) < 4.78 is 6.35. The van der Waals surface area contributed by atoms with Crippen molar-refractivity contribution in [2.24, 2.45) is 5.73 Å². The maximum absolute atomic E-state index is 11.0. The van der Waals surface area contributed by atoms with Crippen molar-refractivity contribution < 1.29 is 14.4 Å². The van der Waals surface area contributed by atoms with E-state index in [-0.39, 0.29) is 12.2 Å². The molecule has 0 aromatic carbocycles. The first-order chi connectivity index (χ1) is 8.61. The van der Waals surface area contributed by atoms with E-state index >= 15 is 0 Å². The molecule has 0 aliphatic rings. The standard InChI is InChI=1S/C9H12N6O3/c1-5-11-7(18-13-5)4-15-6(2-3-10)8(9(16)17)12-14-15/h2-4,10H2,1H3,(H,16,17). The average molecular weight is 252 g/mol. The summed E-state index contributed by atoms with van der Waals surface area (Å²) >= 11 is 0. The second-order valence-electron chi connectivity index (χ2n) is 3.62. The molecule has 9 nitrogen and oxygen atoms in total. The number of nitrogens with zero attached hydrogens (tertiary/aromatic N) is 5. The van der Waals surface area contributed by atoms with Gasteiger partial charge in [-0.3, -0.25) is 0 Å². The molecule has 0 fully saturated rings. The fourth-order valence-electron chi connectivity index (χ4n) is 1.54. The molecule has 2 aromatic heterocycles. The quantitative estimate of drug-likeness (QED) is 0.707. The maximum atomic E-state index is 11.0. The number of aromatic nitrogens is 5. The third kappa shape index (κ3) is 2.35. The van der Waals surface area contributed by atoms with Crippen molar-refractivity contribution in [1.29, 1.82) is 0 Å². The molecule has 0 aliphatic heterocycles. The highest BCUT2D eigenvalue weighted by Gasteiger charge is 2.19. The van der Waals surface area contributed by atoms with Gasteiger partial charge in [0.15, 0.2) is 11.5 Å². The predicted molar refractivity (Wildman–Crippen MR) is 57.9 cm³/mol. The van der Waals surface area contributed by atoms with E-state index in [9.17, 15) is 4.79 Å². The number of nitrogens with two attached hydrogens (primary N) is 1. The van der Waals surface area contributed by atoms with Crippen LogP contribution in [0.25, 0.3) is 0 Å². The summed E-state index contributed by atoms with van der Waals surface area (Å²) in [7, 11) is 0. The molecular formula is C9H12N6O3. The SMILES string of the molecule is Cc1noc(Cn2nnc(C(=O)O)c2CCN)n1. The molecule has 2 aromatic rings. The lowest BCUT2D eigenvalue weighted by Crippen LogP contribution is -2.14. The summed E-state index contributed by atoms with van der Waals surface area (Å²) in [6.45, 7) is 2.17. The van der Waals surface area contributed by atoms with Crippen molar-refractivity contribution in [3.8, 4) is 0 Å². The molecule has 0 saturated heterocycles. The molecule has 3 N–H and O–H groups in total. The van der Waals surface area contributed by atoms with E-state index in [2.05, 4.69) is 20.5 Å². The van der Waals surface area contributed by atoms with Crippen LogP contribution in [0, 0.1) is 6.92 Å². The smallest absolute Gasteiger partial charge is 0.358 e. The van der Waals surface area contributed by atoms with Crippen LogP contribution in [-0.4, -0.2) is 42.8 Å². The van der Waals surface area contributed by atoms with Crippen LogP contribution >= 0.6 is 0 Å². The normalized spacial score (nSPS) is 10.8. The molecule has 9 heteroatoms. The van der Waals surface area contributed by atoms with Gasteiger partial charge in [-0.2, -0.15) is 4.98 Å². The number of carboxylic acids is 1. The summed E-state index contributed by atoms with van der Waals surface area (Å²) in [4.78, 5) is 15.0. The monoisotopic (exact) mass is 252 g/mol. The van der Waals surface area contributed by atoms with Crippen LogP contribution in [0.3, 0.4) is 0 Å². The second kappa shape index (κ2) is 4.92. The maximum Gasteiger partial charge on any atom is 0.358 e. The van der Waals surface area contributed by atoms with Gasteiger partial charge in [0.05, 0.1) is 5.69 Å². The molecule has 0 radical (unpaired) electrons. The largest absolute Gasteiger partial charge is 0.476 e. The Labute approximate surface area is 102 Å². The lowest BCUT2D eigenvalue weighted by atomic mass is 10.2. The van der Waals surface area contributed by atoms with E-state index in [0.717, 1.165) is 0 Å². The zero-order valence-corrected chi connectivity index (χ0v) is 9.70. The third-order valence-electron chi connectivity index (χ3n) is 2.28. The molecule has 0 amide bonds. The Hall–Kier alpha value is -2.29. The van der Waals surface area contributed by atoms with E-state index in [1.54, 1.807) is 6.92 Å². The van der Waals surface area contributed by atoms with Gasteiger partial charge in [0, 0.05) is 6.42 Å². The van der Waals surface area contributed by atoms with Gasteiger partial charge in [0.1, 0.15) is 6.54 Å². The number of carbonyl (C=O) groups is 1. The minimum absolute atomic E-state index is 0.100. The van der Waals surface area contributed by atoms with Crippen molar-refractivity contribution in [3.05, 3.63) is 23.1 Å². The minimum atomic E-state index is -1.13. The van der Waals surface area contributed by atoms with Crippen molar-refractivity contribution >= 4 is 5.97 Å². The van der Waals surface area contributed by atoms with E-state index < -0.39 is 5.97 Å². The zero-order chi connectivity index (χ0) is 13.1. The Morgan fingerprint density at radius 3 is 2.89 bits per heavy atom. The molecule has 0 spiro atoms. The lowest BCUT2D eigenvalue weighted by molar-refractivity contribution is 0.0689. The summed E-state index contributed by atoms with van der Waals surface area (Å²) in [5.74, 6) is -0.289. The summed E-state index contributed by atoms with van der Waals surface area (Å²) in [5.41, 5.74) is 5.79. The number of aryl methyl sites for hydroxylation is 1. The number of hydrogen-bond donors (Lipinski definition) is 2. The Kier molecular flexibility index (Phi) is 3.33. The predicted octanol–water partition coefficient (Wildman–Crippen LogP) is -0.783. The van der Waals surface area contributed by atoms with Crippen molar-refractivity contribution in [2.45, 2.75) is 19.9 Å². The summed E-state index contributed by atoms with van der Waals surface area (Å²) in [5, 5.41) is 20.0. The fourth-order valence-corrected chi connectivity index (χ4v) is 1.54. The Morgan fingerprint density at radius 2 is 2.33 bits per heavy atom. The summed E-state index contributed by atoms with van der Waals surface area (Å²) in [6.07, 6.45) is 0.363. The fraction of sp³-hybridized carbons (Fsp3) is 0.444. The second-order valence-corrected chi connectivity index (χ2v) is 3.62. The van der Waals surface area contributed by atoms with Crippen LogP contribution in [0.2, 0.25) is 0 Å². The molecule has 2 rings (SSSR count). The van der Waals surface area contributed by atoms with E-state index in [0.29, 0.717) is 30.4 Å². The summed E-state index contributed by atoms with van der Waals surface area (Å²) in [6, 6.07) is 0. The van der Waals surface area contributed by atoms with Crippen LogP contribution in [0.1, 0.15) is 27.9 Å². The molecule has 0 bridgehead atoms. The van der Waals surface area contributed by atoms with Crippen molar-refractivity contribution in [2.75, 3.05) is 6.54 Å². The van der Waals surface area contributed by atoms with Crippen LogP contribution < -0.4 is 5.73 Å². The van der Waals surface area contributed by atoms with Crippen LogP contribution in [0.15, 0.2) is 4.52 Å². The number of aromatic carboxylic acids is 1.